The van der Waals surface area contributed by atoms with E-state index in [1.165, 1.54) is 0 Å². The summed E-state index contributed by atoms with van der Waals surface area (Å²) in [6.07, 6.45) is 0. The Hall–Kier alpha value is -1.86. The first-order valence-electron chi connectivity index (χ1n) is 3.83. The molecule has 2 N–H and O–H groups in total. The van der Waals surface area contributed by atoms with Gasteiger partial charge in [0, 0.05) is 0 Å². The van der Waals surface area contributed by atoms with Gasteiger partial charge in [0.05, 0.1) is 12.1 Å². The quantitative estimate of drug-likeness (QED) is 0.702. The van der Waals surface area contributed by atoms with Gasteiger partial charge >= 0.3 is 0 Å². The number of aromatic nitrogens is 1. The van der Waals surface area contributed by atoms with Crippen molar-refractivity contribution in [2.45, 2.75) is 6.54 Å². The average molecular weight is 173 g/mol. The van der Waals surface area contributed by atoms with Gasteiger partial charge in [0.2, 0.25) is 5.89 Å². The molecule has 1 heterocycles. The Kier molecular flexibility index (Phi) is 1.72. The highest BCUT2D eigenvalue weighted by Gasteiger charge is 2.07. The highest BCUT2D eigenvalue weighted by Crippen LogP contribution is 2.18. The molecule has 0 spiro atoms. The molecule has 0 atom stereocenters. The van der Waals surface area contributed by atoms with Gasteiger partial charge in [0.15, 0.2) is 5.58 Å². The monoisotopic (exact) mass is 173 g/mol. The molecule has 0 amide bonds. The summed E-state index contributed by atoms with van der Waals surface area (Å²) in [5.41, 5.74) is 7.06. The molecule has 2 aromatic rings. The van der Waals surface area contributed by atoms with Gasteiger partial charge in [-0.05, 0) is 12.1 Å². The number of hydrogen-bond acceptors (Lipinski definition) is 4. The second kappa shape index (κ2) is 2.88. The van der Waals surface area contributed by atoms with E-state index in [0.717, 1.165) is 0 Å². The first-order valence-corrected chi connectivity index (χ1v) is 3.83. The number of nitrogens with two attached hydrogens (primary N) is 1. The maximum Gasteiger partial charge on any atom is 0.209 e. The lowest BCUT2D eigenvalue weighted by atomic mass is 10.2. The molecule has 0 fully saturated rings. The molecule has 0 bridgehead atoms. The van der Waals surface area contributed by atoms with Crippen molar-refractivity contribution in [2.75, 3.05) is 0 Å². The molecule has 0 aliphatic carbocycles. The molecule has 0 saturated carbocycles. The van der Waals surface area contributed by atoms with E-state index in [9.17, 15) is 0 Å². The van der Waals surface area contributed by atoms with E-state index in [4.69, 9.17) is 15.4 Å². The molecule has 1 aromatic heterocycles. The zero-order valence-corrected chi connectivity index (χ0v) is 6.82. The number of nitrogens with zero attached hydrogens (tertiary/aromatic N) is 2. The van der Waals surface area contributed by atoms with Crippen LogP contribution in [0, 0.1) is 11.3 Å². The highest BCUT2D eigenvalue weighted by molar-refractivity contribution is 5.78. The molecule has 64 valence electrons. The zero-order valence-electron chi connectivity index (χ0n) is 6.82. The van der Waals surface area contributed by atoms with Gasteiger partial charge in [-0.25, -0.2) is 4.98 Å². The van der Waals surface area contributed by atoms with Crippen LogP contribution in [0.5, 0.6) is 0 Å². The smallest absolute Gasteiger partial charge is 0.209 e. The minimum Gasteiger partial charge on any atom is -0.438 e. The Labute approximate surface area is 74.6 Å². The maximum absolute atomic E-state index is 8.75. The standard InChI is InChI=1S/C9H7N3O/c10-4-6-2-1-3-7-9(6)13-8(5-11)12-7/h1-3H,5,11H2. The Balaban J connectivity index is 2.76. The Morgan fingerprint density at radius 3 is 3.08 bits per heavy atom. The first-order chi connectivity index (χ1) is 6.35. The number of rotatable bonds is 1. The Morgan fingerprint density at radius 1 is 1.54 bits per heavy atom. The fourth-order valence-corrected chi connectivity index (χ4v) is 1.17. The van der Waals surface area contributed by atoms with Crippen LogP contribution in [0.25, 0.3) is 11.1 Å². The summed E-state index contributed by atoms with van der Waals surface area (Å²) in [6, 6.07) is 7.28. The molecular weight excluding hydrogens is 166 g/mol. The van der Waals surface area contributed by atoms with Crippen molar-refractivity contribution >= 4 is 11.1 Å². The summed E-state index contributed by atoms with van der Waals surface area (Å²) in [5, 5.41) is 8.75. The third kappa shape index (κ3) is 1.15. The number of fused-ring (bicyclic) bond motifs is 1. The van der Waals surface area contributed by atoms with E-state index in [-0.39, 0.29) is 6.54 Å². The van der Waals surface area contributed by atoms with Crippen molar-refractivity contribution in [3.05, 3.63) is 29.7 Å². The average Bonchev–Trinajstić information content (AvgIpc) is 2.59. The van der Waals surface area contributed by atoms with Crippen molar-refractivity contribution in [3.8, 4) is 6.07 Å². The Bertz CT molecular complexity index is 481. The summed E-state index contributed by atoms with van der Waals surface area (Å²) >= 11 is 0. The highest BCUT2D eigenvalue weighted by atomic mass is 16.3. The number of oxazole rings is 1. The fourth-order valence-electron chi connectivity index (χ4n) is 1.17. The van der Waals surface area contributed by atoms with Gasteiger partial charge in [-0.1, -0.05) is 6.07 Å². The van der Waals surface area contributed by atoms with E-state index >= 15 is 0 Å². The van der Waals surface area contributed by atoms with Crippen LogP contribution in [0.15, 0.2) is 22.6 Å². The molecule has 0 unspecified atom stereocenters. The lowest BCUT2D eigenvalue weighted by Gasteiger charge is -1.87. The first kappa shape index (κ1) is 7.77. The summed E-state index contributed by atoms with van der Waals surface area (Å²) in [4.78, 5) is 4.10. The fraction of sp³-hybridized carbons (Fsp3) is 0.111. The van der Waals surface area contributed by atoms with Crippen LogP contribution in [0.3, 0.4) is 0 Å². The molecule has 0 saturated heterocycles. The number of benzene rings is 1. The largest absolute Gasteiger partial charge is 0.438 e. The molecule has 4 heteroatoms. The lowest BCUT2D eigenvalue weighted by Crippen LogP contribution is -1.94. The van der Waals surface area contributed by atoms with Crippen LogP contribution >= 0.6 is 0 Å². The lowest BCUT2D eigenvalue weighted by molar-refractivity contribution is 0.532. The summed E-state index contributed by atoms with van der Waals surface area (Å²) in [7, 11) is 0. The second-order valence-electron chi connectivity index (χ2n) is 2.58. The van der Waals surface area contributed by atoms with Gasteiger partial charge < -0.3 is 10.2 Å². The van der Waals surface area contributed by atoms with Crippen molar-refractivity contribution in [3.63, 3.8) is 0 Å². The van der Waals surface area contributed by atoms with Crippen LogP contribution in [-0.2, 0) is 6.54 Å². The number of hydrogen-bond donors (Lipinski definition) is 1. The number of nitriles is 1. The van der Waals surface area contributed by atoms with Gasteiger partial charge in [-0.3, -0.25) is 0 Å². The number of para-hydroxylation sites is 1. The van der Waals surface area contributed by atoms with Crippen LogP contribution in [-0.4, -0.2) is 4.98 Å². The predicted octanol–water partition coefficient (Wildman–Crippen LogP) is 1.16. The molecule has 0 radical (unpaired) electrons. The molecule has 1 aromatic carbocycles. The summed E-state index contributed by atoms with van der Waals surface area (Å²) < 4.78 is 5.28. The van der Waals surface area contributed by atoms with Gasteiger partial charge in [-0.15, -0.1) is 0 Å². The van der Waals surface area contributed by atoms with Crippen LogP contribution in [0.2, 0.25) is 0 Å². The minimum atomic E-state index is 0.250. The van der Waals surface area contributed by atoms with Gasteiger partial charge in [0.1, 0.15) is 11.6 Å². The van der Waals surface area contributed by atoms with Gasteiger partial charge in [0.25, 0.3) is 0 Å². The minimum absolute atomic E-state index is 0.250. The molecule has 13 heavy (non-hydrogen) atoms. The third-order valence-corrected chi connectivity index (χ3v) is 1.75. The third-order valence-electron chi connectivity index (χ3n) is 1.75. The van der Waals surface area contributed by atoms with E-state index in [0.29, 0.717) is 22.6 Å². The Morgan fingerprint density at radius 2 is 2.38 bits per heavy atom. The van der Waals surface area contributed by atoms with E-state index in [1.54, 1.807) is 18.2 Å². The molecular formula is C9H7N3O. The SMILES string of the molecule is N#Cc1cccc2nc(CN)oc12. The zero-order chi connectivity index (χ0) is 9.26. The molecule has 2 rings (SSSR count). The van der Waals surface area contributed by atoms with Crippen molar-refractivity contribution < 1.29 is 4.42 Å². The van der Waals surface area contributed by atoms with E-state index in [2.05, 4.69) is 4.98 Å². The van der Waals surface area contributed by atoms with Crippen LogP contribution < -0.4 is 5.73 Å². The van der Waals surface area contributed by atoms with Crippen molar-refractivity contribution in [2.24, 2.45) is 5.73 Å². The molecule has 0 aliphatic heterocycles. The van der Waals surface area contributed by atoms with Crippen molar-refractivity contribution in [1.29, 1.82) is 5.26 Å². The summed E-state index contributed by atoms with van der Waals surface area (Å²) in [5.74, 6) is 0.456. The van der Waals surface area contributed by atoms with Crippen LogP contribution in [0.1, 0.15) is 11.5 Å². The molecule has 0 aliphatic rings. The predicted molar refractivity (Wildman–Crippen MR) is 46.6 cm³/mol. The topological polar surface area (TPSA) is 75.8 Å². The van der Waals surface area contributed by atoms with E-state index in [1.807, 2.05) is 6.07 Å². The maximum atomic E-state index is 8.75. The van der Waals surface area contributed by atoms with E-state index < -0.39 is 0 Å². The normalized spacial score (nSPS) is 10.2. The van der Waals surface area contributed by atoms with Crippen LogP contribution in [0.4, 0.5) is 0 Å². The summed E-state index contributed by atoms with van der Waals surface area (Å²) in [6.45, 7) is 0.250. The second-order valence-corrected chi connectivity index (χ2v) is 2.58. The van der Waals surface area contributed by atoms with Crippen molar-refractivity contribution in [1.82, 2.24) is 4.98 Å². The molecule has 4 nitrogen and oxygen atoms in total. The van der Waals surface area contributed by atoms with Gasteiger partial charge in [-0.2, -0.15) is 5.26 Å².